The molecule has 6 nitrogen and oxygen atoms in total. The molecule has 0 saturated carbocycles. The molecule has 0 bridgehead atoms. The number of aromatic carboxylic acids is 1. The minimum Gasteiger partial charge on any atom is -1.00 e. The minimum absolute atomic E-state index is 0. The average molecular weight is 209 g/mol. The second-order valence-electron chi connectivity index (χ2n) is 2.11. The summed E-state index contributed by atoms with van der Waals surface area (Å²) in [4.78, 5) is 19.9. The van der Waals surface area contributed by atoms with Gasteiger partial charge in [0.15, 0.2) is 0 Å². The van der Waals surface area contributed by atoms with Crippen molar-refractivity contribution in [2.24, 2.45) is 0 Å². The van der Waals surface area contributed by atoms with Crippen molar-refractivity contribution in [1.29, 1.82) is 0 Å². The first-order valence-corrected chi connectivity index (χ1v) is 3.09. The van der Waals surface area contributed by atoms with Gasteiger partial charge >= 0.3 is 35.5 Å². The summed E-state index contributed by atoms with van der Waals surface area (Å²) in [7, 11) is 0. The summed E-state index contributed by atoms with van der Waals surface area (Å²) in [6.45, 7) is 0. The number of carbonyl (C=O) groups is 1. The quantitative estimate of drug-likeness (QED) is 0.332. The molecule has 0 aliphatic carbocycles. The second kappa shape index (κ2) is 6.50. The molecule has 7 heteroatoms. The molecule has 72 valence electrons. The summed E-state index contributed by atoms with van der Waals surface area (Å²) < 4.78 is 0. The minimum atomic E-state index is -1.17. The van der Waals surface area contributed by atoms with Gasteiger partial charge in [-0.2, -0.15) is 0 Å². The van der Waals surface area contributed by atoms with Gasteiger partial charge in [0.05, 0.1) is 10.5 Å². The smallest absolute Gasteiger partial charge is 1.00 e. The van der Waals surface area contributed by atoms with E-state index >= 15 is 0 Å². The van der Waals surface area contributed by atoms with Crippen LogP contribution in [0.2, 0.25) is 0 Å². The van der Waals surface area contributed by atoms with E-state index in [2.05, 4.69) is 0 Å². The summed E-state index contributed by atoms with van der Waals surface area (Å²) >= 11 is 0. The molecule has 1 aromatic rings. The first-order valence-electron chi connectivity index (χ1n) is 3.09. The molecule has 0 heterocycles. The van der Waals surface area contributed by atoms with Crippen molar-refractivity contribution in [2.75, 3.05) is 0 Å². The van der Waals surface area contributed by atoms with Crippen molar-refractivity contribution < 1.29 is 51.3 Å². The molecule has 1 aromatic carbocycles. The molecular formula is C7H8NNaO5. The van der Waals surface area contributed by atoms with E-state index in [-0.39, 0.29) is 47.7 Å². The summed E-state index contributed by atoms with van der Waals surface area (Å²) in [5.41, 5.74) is -0.292. The van der Waals surface area contributed by atoms with Gasteiger partial charge in [0.1, 0.15) is 0 Å². The normalized spacial score (nSPS) is 8.00. The average Bonchev–Trinajstić information content (AvgIpc) is 2.04. The van der Waals surface area contributed by atoms with Gasteiger partial charge in [-0.25, -0.2) is 4.79 Å². The summed E-state index contributed by atoms with van der Waals surface area (Å²) in [5, 5.41) is 18.7. The Kier molecular flexibility index (Phi) is 7.20. The van der Waals surface area contributed by atoms with E-state index in [9.17, 15) is 14.9 Å². The molecule has 0 saturated heterocycles. The number of carboxylic acids is 1. The van der Waals surface area contributed by atoms with Crippen molar-refractivity contribution in [3.8, 4) is 0 Å². The molecule has 0 spiro atoms. The first-order chi connectivity index (χ1) is 5.61. The maximum absolute atomic E-state index is 10.4. The molecule has 0 aliphatic rings. The van der Waals surface area contributed by atoms with Crippen molar-refractivity contribution in [3.05, 3.63) is 39.9 Å². The van der Waals surface area contributed by atoms with E-state index in [0.717, 1.165) is 6.07 Å². The second-order valence-corrected chi connectivity index (χ2v) is 2.11. The van der Waals surface area contributed by atoms with Gasteiger partial charge < -0.3 is 12.0 Å². The third-order valence-corrected chi connectivity index (χ3v) is 1.30. The standard InChI is InChI=1S/C7H5NO4.Na.H2O.H/c9-7(10)5-2-1-3-6(4-5)8(11)12;;;/h1-4H,(H,9,10);;1H2;/q;+1;;-1. The number of non-ortho nitro benzene ring substituents is 1. The predicted octanol–water partition coefficient (Wildman–Crippen LogP) is -2.42. The van der Waals surface area contributed by atoms with Crippen LogP contribution in [0.3, 0.4) is 0 Å². The Balaban J connectivity index is -0.000000480. The van der Waals surface area contributed by atoms with Crippen LogP contribution in [-0.2, 0) is 0 Å². The van der Waals surface area contributed by atoms with E-state index in [4.69, 9.17) is 5.11 Å². The first kappa shape index (κ1) is 15.5. The number of nitrogens with zero attached hydrogens (tertiary/aromatic N) is 1. The van der Waals surface area contributed by atoms with Gasteiger partial charge in [-0.3, -0.25) is 10.1 Å². The number of benzene rings is 1. The van der Waals surface area contributed by atoms with E-state index < -0.39 is 10.9 Å². The molecule has 3 N–H and O–H groups in total. The topological polar surface area (TPSA) is 112 Å². The fraction of sp³-hybridized carbons (Fsp3) is 0. The van der Waals surface area contributed by atoms with Crippen molar-refractivity contribution in [2.45, 2.75) is 0 Å². The van der Waals surface area contributed by atoms with E-state index in [1.165, 1.54) is 18.2 Å². The zero-order chi connectivity index (χ0) is 9.14. The summed E-state index contributed by atoms with van der Waals surface area (Å²) in [6, 6.07) is 4.89. The number of nitro benzene ring substituents is 1. The van der Waals surface area contributed by atoms with Gasteiger partial charge in [-0.15, -0.1) is 0 Å². The molecular weight excluding hydrogens is 201 g/mol. The molecule has 14 heavy (non-hydrogen) atoms. The molecule has 0 aliphatic heterocycles. The van der Waals surface area contributed by atoms with E-state index in [1.54, 1.807) is 0 Å². The summed E-state index contributed by atoms with van der Waals surface area (Å²) in [5.74, 6) is -1.17. The van der Waals surface area contributed by atoms with Gasteiger partial charge in [0, 0.05) is 12.1 Å². The third-order valence-electron chi connectivity index (χ3n) is 1.30. The maximum Gasteiger partial charge on any atom is 1.00 e. The molecule has 1 rings (SSSR count). The van der Waals surface area contributed by atoms with Crippen LogP contribution >= 0.6 is 0 Å². The number of rotatable bonds is 2. The third kappa shape index (κ3) is 3.84. The zero-order valence-corrected chi connectivity index (χ0v) is 9.43. The van der Waals surface area contributed by atoms with Crippen LogP contribution in [0.1, 0.15) is 11.8 Å². The van der Waals surface area contributed by atoms with Gasteiger partial charge in [0.25, 0.3) is 5.69 Å². The van der Waals surface area contributed by atoms with Gasteiger partial charge in [-0.05, 0) is 6.07 Å². The number of carboxylic acid groups (broad SMARTS) is 1. The Morgan fingerprint density at radius 2 is 2.07 bits per heavy atom. The molecule has 0 unspecified atom stereocenters. The maximum atomic E-state index is 10.4. The number of nitro groups is 1. The monoisotopic (exact) mass is 209 g/mol. The Labute approximate surface area is 103 Å². The molecule has 0 atom stereocenters. The predicted molar refractivity (Wildman–Crippen MR) is 44.8 cm³/mol. The van der Waals surface area contributed by atoms with Crippen LogP contribution in [0.5, 0.6) is 0 Å². The van der Waals surface area contributed by atoms with Crippen LogP contribution < -0.4 is 29.6 Å². The summed E-state index contributed by atoms with van der Waals surface area (Å²) in [6.07, 6.45) is 0. The largest absolute Gasteiger partial charge is 1.00 e. The SMILES string of the molecule is O.O=C(O)c1cccc([N+](=O)[O-])c1.[H-].[Na+]. The molecule has 0 radical (unpaired) electrons. The number of hydrogen-bond acceptors (Lipinski definition) is 3. The van der Waals surface area contributed by atoms with Crippen molar-refractivity contribution in [3.63, 3.8) is 0 Å². The van der Waals surface area contributed by atoms with Crippen molar-refractivity contribution >= 4 is 11.7 Å². The van der Waals surface area contributed by atoms with Gasteiger partial charge in [0.2, 0.25) is 0 Å². The van der Waals surface area contributed by atoms with Crippen LogP contribution in [0.25, 0.3) is 0 Å². The van der Waals surface area contributed by atoms with Crippen LogP contribution in [0.15, 0.2) is 24.3 Å². The molecule has 0 fully saturated rings. The molecule has 0 aromatic heterocycles. The Hall–Kier alpha value is -0.950. The van der Waals surface area contributed by atoms with Crippen LogP contribution in [-0.4, -0.2) is 21.5 Å². The number of hydrogen-bond donors (Lipinski definition) is 1. The van der Waals surface area contributed by atoms with Crippen molar-refractivity contribution in [1.82, 2.24) is 0 Å². The fourth-order valence-electron chi connectivity index (χ4n) is 0.753. The Bertz CT molecular complexity index is 317. The Morgan fingerprint density at radius 1 is 1.50 bits per heavy atom. The molecule has 0 amide bonds. The van der Waals surface area contributed by atoms with E-state index in [0.29, 0.717) is 0 Å². The Morgan fingerprint density at radius 3 is 2.50 bits per heavy atom. The zero-order valence-electron chi connectivity index (χ0n) is 8.43. The van der Waals surface area contributed by atoms with Crippen LogP contribution in [0.4, 0.5) is 5.69 Å². The van der Waals surface area contributed by atoms with E-state index in [1.807, 2.05) is 0 Å². The van der Waals surface area contributed by atoms with Gasteiger partial charge in [-0.1, -0.05) is 6.07 Å². The van der Waals surface area contributed by atoms with Crippen LogP contribution in [0, 0.1) is 10.1 Å². The fourth-order valence-corrected chi connectivity index (χ4v) is 0.753.